The summed E-state index contributed by atoms with van der Waals surface area (Å²) in [5.74, 6) is 0.851. The Morgan fingerprint density at radius 3 is 2.54 bits per heavy atom. The SMILES string of the molecule is CCOc1cc([C@@H]2NC(=O)NC(C)=C2C(=O)OC)ccc1OC[C@H](O)N/N=C\c1cc(Cl)c(OCc2ccccc2Cl)c(OC)c1. The van der Waals surface area contributed by atoms with Gasteiger partial charge in [-0.3, -0.25) is 5.43 Å². The Hall–Kier alpha value is -4.65. The van der Waals surface area contributed by atoms with E-state index >= 15 is 0 Å². The van der Waals surface area contributed by atoms with Gasteiger partial charge < -0.3 is 39.4 Å². The van der Waals surface area contributed by atoms with E-state index in [9.17, 15) is 14.7 Å². The standard InChI is InChI=1S/C32H34Cl2N4O8/c1-5-44-25-14-20(29-28(31(40)43-4)18(2)36-32(41)37-29)10-11-24(25)45-17-27(39)38-35-15-19-12-23(34)30(26(13-19)42-3)46-16-21-8-6-7-9-22(21)33/h6-15,27,29,38-39H,5,16-17H2,1-4H3,(H2,36,37,41)/b35-15-/t27-,29-/m0/s1. The summed E-state index contributed by atoms with van der Waals surface area (Å²) in [5, 5.41) is 20.7. The van der Waals surface area contributed by atoms with Crippen molar-refractivity contribution in [2.75, 3.05) is 27.4 Å². The molecule has 46 heavy (non-hydrogen) atoms. The van der Waals surface area contributed by atoms with Crippen LogP contribution in [0.2, 0.25) is 10.0 Å². The number of methoxy groups -OCH3 is 2. The molecule has 2 amide bonds. The number of allylic oxidation sites excluding steroid dienone is 1. The number of nitrogens with zero attached hydrogens (tertiary/aromatic N) is 1. The van der Waals surface area contributed by atoms with Crippen molar-refractivity contribution >= 4 is 41.4 Å². The number of ether oxygens (including phenoxy) is 5. The highest BCUT2D eigenvalue weighted by Gasteiger charge is 2.32. The molecule has 0 aromatic heterocycles. The van der Waals surface area contributed by atoms with E-state index < -0.39 is 24.3 Å². The molecule has 0 unspecified atom stereocenters. The molecular formula is C32H34Cl2N4O8. The lowest BCUT2D eigenvalue weighted by Gasteiger charge is -2.28. The number of aliphatic hydroxyl groups is 1. The van der Waals surface area contributed by atoms with E-state index in [1.165, 1.54) is 20.4 Å². The molecule has 1 heterocycles. The number of amides is 2. The number of rotatable bonds is 14. The minimum atomic E-state index is -1.19. The summed E-state index contributed by atoms with van der Waals surface area (Å²) in [5.41, 5.74) is 5.19. The van der Waals surface area contributed by atoms with E-state index in [1.807, 2.05) is 18.2 Å². The van der Waals surface area contributed by atoms with Gasteiger partial charge in [0.25, 0.3) is 0 Å². The van der Waals surface area contributed by atoms with E-state index in [0.29, 0.717) is 56.5 Å². The number of hydrazone groups is 1. The molecule has 3 aromatic carbocycles. The van der Waals surface area contributed by atoms with Gasteiger partial charge in [-0.05, 0) is 55.3 Å². The fraction of sp³-hybridized carbons (Fsp3) is 0.281. The van der Waals surface area contributed by atoms with Gasteiger partial charge in [0.2, 0.25) is 0 Å². The van der Waals surface area contributed by atoms with Crippen LogP contribution >= 0.6 is 23.2 Å². The molecule has 3 aromatic rings. The Bertz CT molecular complexity index is 1630. The summed E-state index contributed by atoms with van der Waals surface area (Å²) in [6, 6.07) is 14.4. The number of esters is 1. The van der Waals surface area contributed by atoms with Gasteiger partial charge in [0.15, 0.2) is 29.2 Å². The molecule has 0 radical (unpaired) electrons. The van der Waals surface area contributed by atoms with Crippen LogP contribution in [0.15, 0.2) is 71.0 Å². The lowest BCUT2D eigenvalue weighted by molar-refractivity contribution is -0.136. The molecule has 4 rings (SSSR count). The molecule has 0 fully saturated rings. The van der Waals surface area contributed by atoms with Gasteiger partial charge in [-0.1, -0.05) is 47.5 Å². The Labute approximate surface area is 276 Å². The van der Waals surface area contributed by atoms with E-state index in [-0.39, 0.29) is 18.8 Å². The van der Waals surface area contributed by atoms with Gasteiger partial charge in [0.1, 0.15) is 13.2 Å². The molecule has 2 atom stereocenters. The van der Waals surface area contributed by atoms with Crippen molar-refractivity contribution in [3.8, 4) is 23.0 Å². The molecule has 12 nitrogen and oxygen atoms in total. The van der Waals surface area contributed by atoms with Crippen LogP contribution in [0.25, 0.3) is 0 Å². The monoisotopic (exact) mass is 672 g/mol. The Morgan fingerprint density at radius 2 is 1.83 bits per heavy atom. The number of carbonyl (C=O) groups excluding carboxylic acids is 2. The Morgan fingerprint density at radius 1 is 1.04 bits per heavy atom. The van der Waals surface area contributed by atoms with Crippen LogP contribution in [0.3, 0.4) is 0 Å². The summed E-state index contributed by atoms with van der Waals surface area (Å²) < 4.78 is 27.8. The number of benzene rings is 3. The quantitative estimate of drug-likeness (QED) is 0.0794. The van der Waals surface area contributed by atoms with Gasteiger partial charge in [-0.2, -0.15) is 5.10 Å². The first kappa shape index (κ1) is 34.2. The summed E-state index contributed by atoms with van der Waals surface area (Å²) in [7, 11) is 2.76. The number of hydrogen-bond acceptors (Lipinski definition) is 10. The summed E-state index contributed by atoms with van der Waals surface area (Å²) in [6.07, 6.45) is 0.263. The van der Waals surface area contributed by atoms with E-state index in [2.05, 4.69) is 21.2 Å². The summed E-state index contributed by atoms with van der Waals surface area (Å²) in [6.45, 7) is 3.75. The summed E-state index contributed by atoms with van der Waals surface area (Å²) >= 11 is 12.7. The molecule has 4 N–H and O–H groups in total. The van der Waals surface area contributed by atoms with Gasteiger partial charge in [0, 0.05) is 16.3 Å². The summed E-state index contributed by atoms with van der Waals surface area (Å²) in [4.78, 5) is 24.6. The molecule has 244 valence electrons. The van der Waals surface area contributed by atoms with Crippen molar-refractivity contribution in [2.45, 2.75) is 32.7 Å². The third kappa shape index (κ3) is 8.53. The normalized spacial score (nSPS) is 15.1. The maximum absolute atomic E-state index is 12.5. The van der Waals surface area contributed by atoms with Crippen molar-refractivity contribution in [1.29, 1.82) is 0 Å². The lowest BCUT2D eigenvalue weighted by Crippen LogP contribution is -2.45. The zero-order chi connectivity index (χ0) is 33.2. The Kier molecular flexibility index (Phi) is 12.0. The first-order valence-corrected chi connectivity index (χ1v) is 14.9. The van der Waals surface area contributed by atoms with E-state index in [0.717, 1.165) is 5.56 Å². The largest absolute Gasteiger partial charge is 0.493 e. The average molecular weight is 674 g/mol. The van der Waals surface area contributed by atoms with E-state index in [4.69, 9.17) is 46.9 Å². The molecule has 0 bridgehead atoms. The highest BCUT2D eigenvalue weighted by molar-refractivity contribution is 6.32. The number of aliphatic hydroxyl groups excluding tert-OH is 1. The minimum absolute atomic E-state index is 0.188. The Balaban J connectivity index is 1.39. The van der Waals surface area contributed by atoms with Crippen molar-refractivity contribution in [3.63, 3.8) is 0 Å². The molecule has 1 aliphatic heterocycles. The predicted molar refractivity (Wildman–Crippen MR) is 173 cm³/mol. The van der Waals surface area contributed by atoms with Gasteiger partial charge in [0.05, 0.1) is 43.7 Å². The first-order valence-electron chi connectivity index (χ1n) is 14.1. The molecule has 1 aliphatic rings. The molecular weight excluding hydrogens is 639 g/mol. The van der Waals surface area contributed by atoms with Crippen LogP contribution in [0.5, 0.6) is 23.0 Å². The minimum Gasteiger partial charge on any atom is -0.493 e. The zero-order valence-corrected chi connectivity index (χ0v) is 27.1. The van der Waals surface area contributed by atoms with Gasteiger partial charge in [-0.25, -0.2) is 9.59 Å². The van der Waals surface area contributed by atoms with Gasteiger partial charge >= 0.3 is 12.0 Å². The molecule has 0 spiro atoms. The van der Waals surface area contributed by atoms with Crippen LogP contribution in [-0.2, 0) is 16.1 Å². The third-order valence-electron chi connectivity index (χ3n) is 6.69. The highest BCUT2D eigenvalue weighted by Crippen LogP contribution is 2.37. The highest BCUT2D eigenvalue weighted by atomic mass is 35.5. The topological polar surface area (TPSA) is 149 Å². The molecule has 0 aliphatic carbocycles. The average Bonchev–Trinajstić information content (AvgIpc) is 3.03. The van der Waals surface area contributed by atoms with Crippen LogP contribution in [0, 0.1) is 0 Å². The van der Waals surface area contributed by atoms with Crippen molar-refractivity contribution < 1.29 is 38.4 Å². The fourth-order valence-electron chi connectivity index (χ4n) is 4.54. The number of carbonyl (C=O) groups is 2. The number of hydrogen-bond donors (Lipinski definition) is 4. The second kappa shape index (κ2) is 16.1. The second-order valence-corrected chi connectivity index (χ2v) is 10.6. The fourth-order valence-corrected chi connectivity index (χ4v) is 5.00. The zero-order valence-electron chi connectivity index (χ0n) is 25.6. The van der Waals surface area contributed by atoms with E-state index in [1.54, 1.807) is 50.2 Å². The smallest absolute Gasteiger partial charge is 0.337 e. The number of halogens is 2. The van der Waals surface area contributed by atoms with Crippen LogP contribution in [-0.4, -0.2) is 57.0 Å². The third-order valence-corrected chi connectivity index (χ3v) is 7.34. The van der Waals surface area contributed by atoms with Crippen molar-refractivity contribution in [3.05, 3.63) is 92.6 Å². The molecule has 0 saturated carbocycles. The maximum Gasteiger partial charge on any atom is 0.337 e. The lowest BCUT2D eigenvalue weighted by atomic mass is 9.95. The number of nitrogens with one attached hydrogen (secondary N) is 3. The molecule has 0 saturated heterocycles. The second-order valence-electron chi connectivity index (χ2n) is 9.83. The predicted octanol–water partition coefficient (Wildman–Crippen LogP) is 5.10. The first-order chi connectivity index (χ1) is 22.1. The van der Waals surface area contributed by atoms with Crippen molar-refractivity contribution in [2.24, 2.45) is 5.10 Å². The number of urea groups is 1. The van der Waals surface area contributed by atoms with Crippen LogP contribution in [0.1, 0.15) is 36.6 Å². The van der Waals surface area contributed by atoms with Gasteiger partial charge in [-0.15, -0.1) is 0 Å². The van der Waals surface area contributed by atoms with Crippen LogP contribution < -0.4 is 35.0 Å². The van der Waals surface area contributed by atoms with Crippen LogP contribution in [0.4, 0.5) is 4.79 Å². The van der Waals surface area contributed by atoms with Crippen molar-refractivity contribution in [1.82, 2.24) is 16.1 Å². The maximum atomic E-state index is 12.5. The molecule has 14 heteroatoms.